The van der Waals surface area contributed by atoms with Crippen molar-refractivity contribution >= 4 is 11.9 Å². The standard InChI is InChI=1S/C20H28N10/c21-19(25-6-4-17-11-23-13-29-17)27-9-15-2-1-3-16(8-15)10-28-20(22)26-7-5-18-12-24-14-30-18/h1-3,8,11-14H,4-7,9-10H2,(H,23,29)(H,24,30)(H3,21,25,27)(H3,22,26,28)/p+2. The van der Waals surface area contributed by atoms with E-state index in [0.29, 0.717) is 25.0 Å². The second kappa shape index (κ2) is 11.2. The van der Waals surface area contributed by atoms with Crippen molar-refractivity contribution in [1.82, 2.24) is 30.6 Å². The number of nitrogens with zero attached hydrogens (tertiary/aromatic N) is 2. The molecule has 3 aromatic rings. The Balaban J connectivity index is 1.40. The van der Waals surface area contributed by atoms with Crippen molar-refractivity contribution in [2.24, 2.45) is 11.5 Å². The molecule has 3 rings (SSSR count). The first-order valence-electron chi connectivity index (χ1n) is 9.91. The van der Waals surface area contributed by atoms with E-state index < -0.39 is 0 Å². The number of hydrogen-bond donors (Lipinski definition) is 8. The zero-order valence-corrected chi connectivity index (χ0v) is 16.9. The van der Waals surface area contributed by atoms with Crippen LogP contribution in [0.25, 0.3) is 0 Å². The van der Waals surface area contributed by atoms with E-state index in [-0.39, 0.29) is 0 Å². The van der Waals surface area contributed by atoms with Gasteiger partial charge in [-0.2, -0.15) is 0 Å². The van der Waals surface area contributed by atoms with Crippen molar-refractivity contribution in [2.45, 2.75) is 25.9 Å². The number of guanidine groups is 2. The van der Waals surface area contributed by atoms with Crippen LogP contribution < -0.4 is 32.1 Å². The number of imidazole rings is 2. The first-order chi connectivity index (χ1) is 14.7. The minimum Gasteiger partial charge on any atom is -0.348 e. The summed E-state index contributed by atoms with van der Waals surface area (Å²) in [6, 6.07) is 8.27. The van der Waals surface area contributed by atoms with E-state index in [2.05, 4.69) is 58.8 Å². The third-order valence-corrected chi connectivity index (χ3v) is 4.49. The Morgan fingerprint density at radius 2 is 1.33 bits per heavy atom. The molecule has 1 aromatic carbocycles. The molecule has 158 valence electrons. The number of H-pyrrole nitrogens is 2. The second-order valence-electron chi connectivity index (χ2n) is 6.86. The van der Waals surface area contributed by atoms with E-state index in [1.54, 1.807) is 12.7 Å². The summed E-state index contributed by atoms with van der Waals surface area (Å²) in [5.74, 6) is 1.11. The predicted octanol–water partition coefficient (Wildman–Crippen LogP) is -3.41. The molecule has 0 saturated heterocycles. The topological polar surface area (TPSA) is 161 Å². The molecular weight excluding hydrogens is 380 g/mol. The van der Waals surface area contributed by atoms with Gasteiger partial charge in [0.25, 0.3) is 0 Å². The van der Waals surface area contributed by atoms with Crippen molar-refractivity contribution in [1.29, 1.82) is 0 Å². The van der Waals surface area contributed by atoms with E-state index >= 15 is 0 Å². The van der Waals surface area contributed by atoms with Gasteiger partial charge in [-0.1, -0.05) is 18.2 Å². The van der Waals surface area contributed by atoms with E-state index in [9.17, 15) is 0 Å². The Morgan fingerprint density at radius 3 is 1.77 bits per heavy atom. The summed E-state index contributed by atoms with van der Waals surface area (Å²) in [7, 11) is 0. The fourth-order valence-electron chi connectivity index (χ4n) is 2.88. The van der Waals surface area contributed by atoms with Crippen molar-refractivity contribution < 1.29 is 9.98 Å². The molecule has 0 spiro atoms. The number of nitrogens with two attached hydrogens (primary N) is 2. The highest BCUT2D eigenvalue weighted by molar-refractivity contribution is 5.71. The van der Waals surface area contributed by atoms with Crippen LogP contribution in [0.15, 0.2) is 49.3 Å². The van der Waals surface area contributed by atoms with Gasteiger partial charge in [0.05, 0.1) is 38.8 Å². The van der Waals surface area contributed by atoms with Gasteiger partial charge in [0.15, 0.2) is 0 Å². The van der Waals surface area contributed by atoms with Gasteiger partial charge < -0.3 is 9.97 Å². The average Bonchev–Trinajstić information content (AvgIpc) is 3.45. The Hall–Kier alpha value is -3.82. The van der Waals surface area contributed by atoms with Crippen molar-refractivity contribution in [2.75, 3.05) is 13.1 Å². The molecule has 0 fully saturated rings. The van der Waals surface area contributed by atoms with Crippen LogP contribution in [0.4, 0.5) is 0 Å². The summed E-state index contributed by atoms with van der Waals surface area (Å²) in [5.41, 5.74) is 16.4. The minimum atomic E-state index is 0.553. The maximum absolute atomic E-state index is 6.00. The van der Waals surface area contributed by atoms with Gasteiger partial charge in [-0.3, -0.25) is 32.1 Å². The van der Waals surface area contributed by atoms with Gasteiger partial charge in [0.2, 0.25) is 0 Å². The van der Waals surface area contributed by atoms with E-state index in [0.717, 1.165) is 48.4 Å². The van der Waals surface area contributed by atoms with Crippen molar-refractivity contribution in [3.8, 4) is 0 Å². The van der Waals surface area contributed by atoms with Gasteiger partial charge in [0, 0.05) is 36.6 Å². The van der Waals surface area contributed by atoms with Crippen LogP contribution in [0, 0.1) is 0 Å². The fraction of sp³-hybridized carbons (Fsp3) is 0.300. The molecule has 30 heavy (non-hydrogen) atoms. The van der Waals surface area contributed by atoms with E-state index in [1.807, 2.05) is 18.5 Å². The molecule has 0 unspecified atom stereocenters. The average molecular weight is 411 g/mol. The lowest BCUT2D eigenvalue weighted by Gasteiger charge is -2.03. The van der Waals surface area contributed by atoms with Crippen LogP contribution in [0.1, 0.15) is 22.5 Å². The zero-order valence-electron chi connectivity index (χ0n) is 16.9. The summed E-state index contributed by atoms with van der Waals surface area (Å²) in [5, 5.41) is 6.33. The normalized spacial score (nSPS) is 12.1. The van der Waals surface area contributed by atoms with Crippen LogP contribution in [0.5, 0.6) is 0 Å². The lowest BCUT2D eigenvalue weighted by atomic mass is 10.1. The number of rotatable bonds is 10. The summed E-state index contributed by atoms with van der Waals surface area (Å²) >= 11 is 0. The Morgan fingerprint density at radius 1 is 0.833 bits per heavy atom. The van der Waals surface area contributed by atoms with Crippen molar-refractivity contribution in [3.05, 3.63) is 71.8 Å². The molecule has 0 atom stereocenters. The van der Waals surface area contributed by atoms with Crippen LogP contribution in [-0.2, 0) is 25.9 Å². The Bertz CT molecular complexity index is 855. The van der Waals surface area contributed by atoms with Gasteiger partial charge in [-0.25, -0.2) is 9.97 Å². The first-order valence-corrected chi connectivity index (χ1v) is 9.91. The molecule has 0 aliphatic rings. The largest absolute Gasteiger partial charge is 0.348 e. The molecule has 0 aliphatic heterocycles. The zero-order chi connectivity index (χ0) is 21.0. The van der Waals surface area contributed by atoms with E-state index in [1.165, 1.54) is 0 Å². The van der Waals surface area contributed by atoms with Crippen LogP contribution in [0.3, 0.4) is 0 Å². The molecule has 10 heteroatoms. The molecule has 0 saturated carbocycles. The van der Waals surface area contributed by atoms with Crippen LogP contribution in [0.2, 0.25) is 0 Å². The maximum Gasteiger partial charge on any atom is 0.341 e. The summed E-state index contributed by atoms with van der Waals surface area (Å²) in [6.07, 6.45) is 8.62. The van der Waals surface area contributed by atoms with Gasteiger partial charge in [-0.05, 0) is 17.2 Å². The van der Waals surface area contributed by atoms with Gasteiger partial charge in [-0.15, -0.1) is 0 Å². The molecule has 2 aromatic heterocycles. The number of aromatic nitrogens is 4. The highest BCUT2D eigenvalue weighted by Crippen LogP contribution is 2.02. The number of nitrogens with one attached hydrogen (secondary N) is 6. The highest BCUT2D eigenvalue weighted by atomic mass is 15.1. The fourth-order valence-corrected chi connectivity index (χ4v) is 2.88. The Labute approximate surface area is 175 Å². The lowest BCUT2D eigenvalue weighted by Crippen LogP contribution is -2.77. The smallest absolute Gasteiger partial charge is 0.341 e. The van der Waals surface area contributed by atoms with Crippen molar-refractivity contribution in [3.63, 3.8) is 0 Å². The highest BCUT2D eigenvalue weighted by Gasteiger charge is 2.03. The third-order valence-electron chi connectivity index (χ3n) is 4.49. The molecule has 0 bridgehead atoms. The summed E-state index contributed by atoms with van der Waals surface area (Å²) in [6.45, 7) is 2.73. The van der Waals surface area contributed by atoms with Gasteiger partial charge >= 0.3 is 11.9 Å². The van der Waals surface area contributed by atoms with Crippen LogP contribution in [-0.4, -0.2) is 44.9 Å². The number of benzene rings is 1. The SMILES string of the molecule is NC(NCCc1cnc[nH]1)=[NH+]Cc1cccc(C[NH+]=C(N)NCCc2cnc[nH]2)c1. The monoisotopic (exact) mass is 410 g/mol. The third kappa shape index (κ3) is 7.30. The van der Waals surface area contributed by atoms with Gasteiger partial charge in [0.1, 0.15) is 0 Å². The molecule has 0 aliphatic carbocycles. The first kappa shape index (κ1) is 20.9. The minimum absolute atomic E-state index is 0.553. The molecule has 10 nitrogen and oxygen atoms in total. The maximum atomic E-state index is 6.00. The molecular formula is C20H30N10+2. The summed E-state index contributed by atoms with van der Waals surface area (Å²) < 4.78 is 0. The lowest BCUT2D eigenvalue weighted by molar-refractivity contribution is -0.479. The summed E-state index contributed by atoms with van der Waals surface area (Å²) in [4.78, 5) is 20.5. The van der Waals surface area contributed by atoms with E-state index in [4.69, 9.17) is 11.5 Å². The molecule has 0 amide bonds. The molecule has 2 heterocycles. The quantitative estimate of drug-likeness (QED) is 0.128. The predicted molar refractivity (Wildman–Crippen MR) is 115 cm³/mol. The second-order valence-corrected chi connectivity index (χ2v) is 6.86. The Kier molecular flexibility index (Phi) is 7.84. The number of aromatic amines is 2. The number of hydrogen-bond acceptors (Lipinski definition) is 2. The van der Waals surface area contributed by atoms with Crippen LogP contribution >= 0.6 is 0 Å². The molecule has 10 N–H and O–H groups in total. The molecule has 0 radical (unpaired) electrons.